The van der Waals surface area contributed by atoms with Gasteiger partial charge in [0.2, 0.25) is 5.91 Å². The van der Waals surface area contributed by atoms with Crippen molar-refractivity contribution in [2.24, 2.45) is 0 Å². The van der Waals surface area contributed by atoms with E-state index >= 15 is 0 Å². The number of H-pyrrole nitrogens is 1. The number of nitrogens with zero attached hydrogens (tertiary/aromatic N) is 2. The number of aromatic amines is 1. The van der Waals surface area contributed by atoms with E-state index < -0.39 is 4.92 Å². The first-order valence-electron chi connectivity index (χ1n) is 10.1. The number of methoxy groups -OCH3 is 2. The van der Waals surface area contributed by atoms with Crippen molar-refractivity contribution >= 4 is 28.3 Å². The Bertz CT molecular complexity index is 1320. The summed E-state index contributed by atoms with van der Waals surface area (Å²) in [7, 11) is 3.14. The van der Waals surface area contributed by atoms with Crippen LogP contribution in [0.15, 0.2) is 54.6 Å². The second-order valence-electron chi connectivity index (χ2n) is 7.45. The number of rotatable bonds is 7. The van der Waals surface area contributed by atoms with Gasteiger partial charge in [0, 0.05) is 35.0 Å². The van der Waals surface area contributed by atoms with E-state index in [1.165, 1.54) is 6.07 Å². The number of hydrogen-bond acceptors (Lipinski definition) is 6. The summed E-state index contributed by atoms with van der Waals surface area (Å²) in [5.41, 5.74) is 4.01. The molecule has 4 aromatic rings. The molecule has 9 heteroatoms. The lowest BCUT2D eigenvalue weighted by Crippen LogP contribution is -2.16. The number of benzene rings is 3. The number of para-hydroxylation sites is 1. The highest BCUT2D eigenvalue weighted by Gasteiger charge is 2.17. The first-order valence-corrected chi connectivity index (χ1v) is 10.1. The molecular formula is C24H22N4O5. The van der Waals surface area contributed by atoms with Gasteiger partial charge in [0.05, 0.1) is 36.6 Å². The molecule has 0 atom stereocenters. The second-order valence-corrected chi connectivity index (χ2v) is 7.45. The first kappa shape index (κ1) is 21.8. The molecule has 168 valence electrons. The summed E-state index contributed by atoms with van der Waals surface area (Å²) >= 11 is 0. The molecule has 0 radical (unpaired) electrons. The maximum Gasteiger partial charge on any atom is 0.273 e. The van der Waals surface area contributed by atoms with E-state index in [-0.39, 0.29) is 18.0 Å². The van der Waals surface area contributed by atoms with Crippen LogP contribution in [0.1, 0.15) is 11.1 Å². The number of aromatic nitrogens is 2. The van der Waals surface area contributed by atoms with Crippen molar-refractivity contribution in [2.75, 3.05) is 19.5 Å². The molecule has 2 N–H and O–H groups in total. The molecule has 9 nitrogen and oxygen atoms in total. The van der Waals surface area contributed by atoms with Crippen LogP contribution < -0.4 is 14.8 Å². The third-order valence-corrected chi connectivity index (χ3v) is 5.31. The number of nitro groups is 1. The minimum Gasteiger partial charge on any atom is -0.493 e. The topological polar surface area (TPSA) is 119 Å². The van der Waals surface area contributed by atoms with Crippen LogP contribution in [-0.4, -0.2) is 35.0 Å². The SMILES string of the molecule is COc1cc2nc(-c3ccc(C)c(NC(=O)Cc4ccccc4[N+](=O)[O-])c3)[nH]c2cc1OC. The van der Waals surface area contributed by atoms with Crippen LogP contribution in [0.25, 0.3) is 22.4 Å². The third kappa shape index (κ3) is 4.47. The second kappa shape index (κ2) is 8.99. The fraction of sp³-hybridized carbons (Fsp3) is 0.167. The maximum absolute atomic E-state index is 12.7. The highest BCUT2D eigenvalue weighted by molar-refractivity contribution is 5.94. The van der Waals surface area contributed by atoms with Crippen molar-refractivity contribution in [2.45, 2.75) is 13.3 Å². The van der Waals surface area contributed by atoms with E-state index in [0.29, 0.717) is 34.1 Å². The summed E-state index contributed by atoms with van der Waals surface area (Å²) in [6.07, 6.45) is -0.106. The number of amides is 1. The fourth-order valence-electron chi connectivity index (χ4n) is 3.58. The van der Waals surface area contributed by atoms with Crippen molar-refractivity contribution in [3.05, 3.63) is 75.8 Å². The van der Waals surface area contributed by atoms with Crippen LogP contribution in [0.4, 0.5) is 11.4 Å². The summed E-state index contributed by atoms with van der Waals surface area (Å²) in [4.78, 5) is 31.3. The Labute approximate surface area is 189 Å². The van der Waals surface area contributed by atoms with E-state index in [1.54, 1.807) is 38.5 Å². The predicted molar refractivity (Wildman–Crippen MR) is 125 cm³/mol. The Morgan fingerprint density at radius 2 is 1.82 bits per heavy atom. The van der Waals surface area contributed by atoms with Crippen molar-refractivity contribution in [1.82, 2.24) is 9.97 Å². The quantitative estimate of drug-likeness (QED) is 0.315. The number of carbonyl (C=O) groups excluding carboxylic acids is 1. The van der Waals surface area contributed by atoms with Gasteiger partial charge in [0.15, 0.2) is 11.5 Å². The molecule has 1 aromatic heterocycles. The van der Waals surface area contributed by atoms with Crippen molar-refractivity contribution in [3.63, 3.8) is 0 Å². The number of aryl methyl sites for hydroxylation is 1. The molecule has 0 unspecified atom stereocenters. The maximum atomic E-state index is 12.7. The van der Waals surface area contributed by atoms with Gasteiger partial charge in [-0.25, -0.2) is 4.98 Å². The Kier molecular flexibility index (Phi) is 5.95. The van der Waals surface area contributed by atoms with E-state index in [9.17, 15) is 14.9 Å². The van der Waals surface area contributed by atoms with Gasteiger partial charge < -0.3 is 19.8 Å². The van der Waals surface area contributed by atoms with Crippen LogP contribution in [0.3, 0.4) is 0 Å². The number of ether oxygens (including phenoxy) is 2. The zero-order valence-corrected chi connectivity index (χ0v) is 18.3. The highest BCUT2D eigenvalue weighted by Crippen LogP contribution is 2.33. The number of fused-ring (bicyclic) bond motifs is 1. The van der Waals surface area contributed by atoms with E-state index in [1.807, 2.05) is 31.2 Å². The van der Waals surface area contributed by atoms with Crippen LogP contribution >= 0.6 is 0 Å². The van der Waals surface area contributed by atoms with Gasteiger partial charge in [-0.2, -0.15) is 0 Å². The summed E-state index contributed by atoms with van der Waals surface area (Å²) in [6, 6.07) is 15.4. The van der Waals surface area contributed by atoms with Crippen molar-refractivity contribution < 1.29 is 19.2 Å². The van der Waals surface area contributed by atoms with Gasteiger partial charge in [-0.1, -0.05) is 30.3 Å². The molecule has 0 saturated carbocycles. The number of hydrogen-bond donors (Lipinski definition) is 2. The van der Waals surface area contributed by atoms with Gasteiger partial charge >= 0.3 is 0 Å². The standard InChI is InChI=1S/C24H22N4O5/c1-14-8-9-16(24-26-18-12-21(32-2)22(33-3)13-19(18)27-24)10-17(14)25-23(29)11-15-6-4-5-7-20(15)28(30)31/h4-10,12-13H,11H2,1-3H3,(H,25,29)(H,26,27). The molecule has 0 aliphatic carbocycles. The number of carbonyl (C=O) groups is 1. The number of nitrogens with one attached hydrogen (secondary N) is 2. The number of imidazole rings is 1. The zero-order valence-electron chi connectivity index (χ0n) is 18.3. The molecule has 0 aliphatic heterocycles. The van der Waals surface area contributed by atoms with Gasteiger partial charge in [-0.05, 0) is 18.6 Å². The molecule has 0 saturated heterocycles. The molecular weight excluding hydrogens is 424 g/mol. The lowest BCUT2D eigenvalue weighted by molar-refractivity contribution is -0.385. The van der Waals surface area contributed by atoms with Gasteiger partial charge in [-0.15, -0.1) is 0 Å². The first-order chi connectivity index (χ1) is 15.9. The van der Waals surface area contributed by atoms with E-state index in [0.717, 1.165) is 16.6 Å². The largest absolute Gasteiger partial charge is 0.493 e. The summed E-state index contributed by atoms with van der Waals surface area (Å²) in [6.45, 7) is 1.87. The molecule has 0 aliphatic rings. The van der Waals surface area contributed by atoms with Crippen LogP contribution in [0.5, 0.6) is 11.5 Å². The molecule has 33 heavy (non-hydrogen) atoms. The Morgan fingerprint density at radius 3 is 2.55 bits per heavy atom. The Balaban J connectivity index is 1.61. The average molecular weight is 446 g/mol. The Morgan fingerprint density at radius 1 is 1.09 bits per heavy atom. The highest BCUT2D eigenvalue weighted by atomic mass is 16.6. The minimum atomic E-state index is -0.486. The van der Waals surface area contributed by atoms with Crippen LogP contribution in [0, 0.1) is 17.0 Å². The summed E-state index contributed by atoms with van der Waals surface area (Å²) in [5, 5.41) is 14.1. The normalized spacial score (nSPS) is 10.8. The lowest BCUT2D eigenvalue weighted by Gasteiger charge is -2.10. The predicted octanol–water partition coefficient (Wildman–Crippen LogP) is 4.64. The molecule has 1 heterocycles. The van der Waals surface area contributed by atoms with Crippen molar-refractivity contribution in [1.29, 1.82) is 0 Å². The van der Waals surface area contributed by atoms with Gasteiger partial charge in [-0.3, -0.25) is 14.9 Å². The summed E-state index contributed by atoms with van der Waals surface area (Å²) in [5.74, 6) is 1.44. The molecule has 0 spiro atoms. The van der Waals surface area contributed by atoms with Gasteiger partial charge in [0.1, 0.15) is 5.82 Å². The molecule has 3 aromatic carbocycles. The molecule has 1 amide bonds. The van der Waals surface area contributed by atoms with Crippen molar-refractivity contribution in [3.8, 4) is 22.9 Å². The van der Waals surface area contributed by atoms with Crippen LogP contribution in [-0.2, 0) is 11.2 Å². The Hall–Kier alpha value is -4.40. The van der Waals surface area contributed by atoms with E-state index in [4.69, 9.17) is 9.47 Å². The number of nitro benzene ring substituents is 1. The monoisotopic (exact) mass is 446 g/mol. The minimum absolute atomic E-state index is 0.0775. The molecule has 4 rings (SSSR count). The fourth-order valence-corrected chi connectivity index (χ4v) is 3.58. The molecule has 0 fully saturated rings. The smallest absolute Gasteiger partial charge is 0.273 e. The van der Waals surface area contributed by atoms with E-state index in [2.05, 4.69) is 15.3 Å². The van der Waals surface area contributed by atoms with Crippen LogP contribution in [0.2, 0.25) is 0 Å². The lowest BCUT2D eigenvalue weighted by atomic mass is 10.1. The average Bonchev–Trinajstić information content (AvgIpc) is 3.22. The third-order valence-electron chi connectivity index (χ3n) is 5.31. The number of anilines is 1. The summed E-state index contributed by atoms with van der Waals surface area (Å²) < 4.78 is 10.7. The molecule has 0 bridgehead atoms. The zero-order chi connectivity index (χ0) is 23.5. The van der Waals surface area contributed by atoms with Gasteiger partial charge in [0.25, 0.3) is 5.69 Å².